The Morgan fingerprint density at radius 1 is 1.35 bits per heavy atom. The van der Waals surface area contributed by atoms with Gasteiger partial charge in [-0.05, 0) is 57.5 Å². The maximum atomic E-state index is 11.8. The number of hydrogen-bond acceptors (Lipinski definition) is 3. The summed E-state index contributed by atoms with van der Waals surface area (Å²) in [6.07, 6.45) is 5.15. The summed E-state index contributed by atoms with van der Waals surface area (Å²) in [6, 6.07) is -0.354. The van der Waals surface area contributed by atoms with E-state index in [1.54, 1.807) is 6.92 Å². The summed E-state index contributed by atoms with van der Waals surface area (Å²) in [5, 5.41) is 3.54. The minimum absolute atomic E-state index is 0.108. The maximum Gasteiger partial charge on any atom is 0.239 e. The van der Waals surface area contributed by atoms with Gasteiger partial charge in [0.25, 0.3) is 0 Å². The van der Waals surface area contributed by atoms with Gasteiger partial charge in [-0.15, -0.1) is 0 Å². The Kier molecular flexibility index (Phi) is 4.40. The van der Waals surface area contributed by atoms with Gasteiger partial charge >= 0.3 is 0 Å². The summed E-state index contributed by atoms with van der Waals surface area (Å²) in [6.45, 7) is 5.77. The third kappa shape index (κ3) is 3.96. The van der Waals surface area contributed by atoms with Crippen LogP contribution in [0.3, 0.4) is 0 Å². The van der Waals surface area contributed by atoms with Crippen molar-refractivity contribution in [2.75, 3.05) is 26.2 Å². The number of carbonyl (C=O) groups is 1. The number of nitrogens with one attached hydrogen (secondary N) is 1. The molecule has 0 radical (unpaired) electrons. The van der Waals surface area contributed by atoms with E-state index in [-0.39, 0.29) is 11.9 Å². The van der Waals surface area contributed by atoms with E-state index in [0.717, 1.165) is 38.5 Å². The average molecular weight is 239 g/mol. The lowest BCUT2D eigenvalue weighted by atomic mass is 9.97. The second kappa shape index (κ2) is 5.83. The molecular weight excluding hydrogens is 214 g/mol. The van der Waals surface area contributed by atoms with Gasteiger partial charge in [-0.2, -0.15) is 0 Å². The number of piperidine rings is 1. The molecule has 4 nitrogen and oxygen atoms in total. The molecule has 0 aromatic rings. The highest BCUT2D eigenvalue weighted by atomic mass is 16.2. The van der Waals surface area contributed by atoms with Gasteiger partial charge in [0.1, 0.15) is 0 Å². The second-order valence-corrected chi connectivity index (χ2v) is 5.68. The molecule has 3 N–H and O–H groups in total. The topological polar surface area (TPSA) is 58.4 Å². The fraction of sp³-hybridized carbons (Fsp3) is 0.923. The van der Waals surface area contributed by atoms with Crippen LogP contribution in [0.2, 0.25) is 0 Å². The van der Waals surface area contributed by atoms with Crippen molar-refractivity contribution in [3.05, 3.63) is 0 Å². The predicted octanol–water partition coefficient (Wildman–Crippen LogP) is 0.572. The van der Waals surface area contributed by atoms with Gasteiger partial charge in [0, 0.05) is 13.1 Å². The van der Waals surface area contributed by atoms with E-state index in [4.69, 9.17) is 5.73 Å². The molecule has 1 saturated heterocycles. The zero-order valence-electron chi connectivity index (χ0n) is 10.8. The van der Waals surface area contributed by atoms with Crippen LogP contribution in [-0.4, -0.2) is 43.0 Å². The first-order chi connectivity index (χ1) is 8.16. The van der Waals surface area contributed by atoms with E-state index >= 15 is 0 Å². The van der Waals surface area contributed by atoms with Crippen LogP contribution in [0.25, 0.3) is 0 Å². The molecule has 2 atom stereocenters. The van der Waals surface area contributed by atoms with Crippen LogP contribution in [0.15, 0.2) is 0 Å². The Bertz CT molecular complexity index is 263. The van der Waals surface area contributed by atoms with E-state index in [0.29, 0.717) is 5.92 Å². The molecule has 1 heterocycles. The van der Waals surface area contributed by atoms with Gasteiger partial charge in [0.15, 0.2) is 0 Å². The Morgan fingerprint density at radius 3 is 2.71 bits per heavy atom. The first-order valence-electron chi connectivity index (χ1n) is 6.92. The summed E-state index contributed by atoms with van der Waals surface area (Å²) < 4.78 is 0. The summed E-state index contributed by atoms with van der Waals surface area (Å²) in [5.41, 5.74) is 5.65. The normalized spacial score (nSPS) is 26.9. The predicted molar refractivity (Wildman–Crippen MR) is 68.5 cm³/mol. The third-order valence-electron chi connectivity index (χ3n) is 3.78. The number of amides is 1. The molecule has 1 aliphatic heterocycles. The molecule has 1 aliphatic carbocycles. The lowest BCUT2D eigenvalue weighted by Crippen LogP contribution is -2.48. The summed E-state index contributed by atoms with van der Waals surface area (Å²) in [7, 11) is 0. The lowest BCUT2D eigenvalue weighted by Gasteiger charge is -2.34. The largest absolute Gasteiger partial charge is 0.341 e. The van der Waals surface area contributed by atoms with E-state index in [1.807, 2.05) is 4.90 Å². The number of nitrogens with two attached hydrogens (primary N) is 1. The number of nitrogens with zero attached hydrogens (tertiary/aromatic N) is 1. The SMILES string of the molecule is CC(N)C(=O)N1CCCC(CNCC2CC2)C1. The summed E-state index contributed by atoms with van der Waals surface area (Å²) in [5.74, 6) is 1.66. The van der Waals surface area contributed by atoms with Crippen LogP contribution >= 0.6 is 0 Å². The Morgan fingerprint density at radius 2 is 2.06 bits per heavy atom. The summed E-state index contributed by atoms with van der Waals surface area (Å²) >= 11 is 0. The van der Waals surface area contributed by atoms with Crippen molar-refractivity contribution < 1.29 is 4.79 Å². The molecular formula is C13H25N3O. The molecule has 0 aromatic carbocycles. The highest BCUT2D eigenvalue weighted by molar-refractivity contribution is 5.81. The maximum absolute atomic E-state index is 11.8. The fourth-order valence-corrected chi connectivity index (χ4v) is 2.53. The zero-order chi connectivity index (χ0) is 12.3. The Balaban J connectivity index is 1.69. The van der Waals surface area contributed by atoms with Crippen LogP contribution in [0.4, 0.5) is 0 Å². The van der Waals surface area contributed by atoms with Gasteiger partial charge < -0.3 is 16.0 Å². The molecule has 98 valence electrons. The minimum atomic E-state index is -0.354. The van der Waals surface area contributed by atoms with Gasteiger partial charge in [0.2, 0.25) is 5.91 Å². The van der Waals surface area contributed by atoms with Crippen molar-refractivity contribution >= 4 is 5.91 Å². The molecule has 2 unspecified atom stereocenters. The van der Waals surface area contributed by atoms with Crippen LogP contribution in [-0.2, 0) is 4.79 Å². The van der Waals surface area contributed by atoms with Crippen LogP contribution in [0.1, 0.15) is 32.6 Å². The Hall–Kier alpha value is -0.610. The average Bonchev–Trinajstić information content (AvgIpc) is 3.12. The first-order valence-corrected chi connectivity index (χ1v) is 6.92. The van der Waals surface area contributed by atoms with E-state index < -0.39 is 0 Å². The minimum Gasteiger partial charge on any atom is -0.341 e. The molecule has 0 spiro atoms. The molecule has 2 rings (SSSR count). The van der Waals surface area contributed by atoms with E-state index in [2.05, 4.69) is 5.32 Å². The molecule has 4 heteroatoms. The molecule has 17 heavy (non-hydrogen) atoms. The molecule has 2 fully saturated rings. The monoisotopic (exact) mass is 239 g/mol. The van der Waals surface area contributed by atoms with Crippen molar-refractivity contribution in [1.82, 2.24) is 10.2 Å². The van der Waals surface area contributed by atoms with E-state index in [1.165, 1.54) is 19.3 Å². The highest BCUT2D eigenvalue weighted by Crippen LogP contribution is 2.27. The van der Waals surface area contributed by atoms with Gasteiger partial charge in [-0.1, -0.05) is 0 Å². The van der Waals surface area contributed by atoms with Crippen LogP contribution in [0, 0.1) is 11.8 Å². The molecule has 2 aliphatic rings. The van der Waals surface area contributed by atoms with Gasteiger partial charge in [-0.25, -0.2) is 0 Å². The van der Waals surface area contributed by atoms with Crippen molar-refractivity contribution in [2.24, 2.45) is 17.6 Å². The molecule has 0 bridgehead atoms. The van der Waals surface area contributed by atoms with Crippen LogP contribution in [0.5, 0.6) is 0 Å². The zero-order valence-corrected chi connectivity index (χ0v) is 10.8. The quantitative estimate of drug-likeness (QED) is 0.737. The van der Waals surface area contributed by atoms with Crippen molar-refractivity contribution in [3.8, 4) is 0 Å². The number of carbonyl (C=O) groups excluding carboxylic acids is 1. The Labute approximate surface area is 104 Å². The summed E-state index contributed by atoms with van der Waals surface area (Å²) in [4.78, 5) is 13.8. The smallest absolute Gasteiger partial charge is 0.239 e. The standard InChI is InChI=1S/C13H25N3O/c1-10(14)13(17)16-6-2-3-12(9-16)8-15-7-11-4-5-11/h10-12,15H,2-9,14H2,1H3. The van der Waals surface area contributed by atoms with Gasteiger partial charge in [0.05, 0.1) is 6.04 Å². The molecule has 0 aromatic heterocycles. The van der Waals surface area contributed by atoms with E-state index in [9.17, 15) is 4.79 Å². The lowest BCUT2D eigenvalue weighted by molar-refractivity contribution is -0.133. The molecule has 1 saturated carbocycles. The van der Waals surface area contributed by atoms with Crippen molar-refractivity contribution in [2.45, 2.75) is 38.6 Å². The van der Waals surface area contributed by atoms with Gasteiger partial charge in [-0.3, -0.25) is 4.79 Å². The molecule has 1 amide bonds. The van der Waals surface area contributed by atoms with Crippen molar-refractivity contribution in [3.63, 3.8) is 0 Å². The van der Waals surface area contributed by atoms with Crippen LogP contribution < -0.4 is 11.1 Å². The highest BCUT2D eigenvalue weighted by Gasteiger charge is 2.26. The fourth-order valence-electron chi connectivity index (χ4n) is 2.53. The number of hydrogen-bond donors (Lipinski definition) is 2. The first kappa shape index (κ1) is 12.8. The second-order valence-electron chi connectivity index (χ2n) is 5.68. The number of likely N-dealkylation sites (tertiary alicyclic amines) is 1. The van der Waals surface area contributed by atoms with Crippen molar-refractivity contribution in [1.29, 1.82) is 0 Å². The number of rotatable bonds is 5. The third-order valence-corrected chi connectivity index (χ3v) is 3.78.